The summed E-state index contributed by atoms with van der Waals surface area (Å²) in [5, 5.41) is 17.9. The van der Waals surface area contributed by atoms with Crippen LogP contribution in [0.15, 0.2) is 6.20 Å². The van der Waals surface area contributed by atoms with E-state index < -0.39 is 12.1 Å². The molecule has 1 aliphatic carbocycles. The first-order valence-corrected chi connectivity index (χ1v) is 10.6. The van der Waals surface area contributed by atoms with Crippen LogP contribution in [0.3, 0.4) is 0 Å². The van der Waals surface area contributed by atoms with E-state index in [2.05, 4.69) is 36.3 Å². The highest BCUT2D eigenvalue weighted by molar-refractivity contribution is 5.73. The quantitative estimate of drug-likeness (QED) is 0.547. The second-order valence-electron chi connectivity index (χ2n) is 9.86. The molecule has 1 atom stereocenters. The van der Waals surface area contributed by atoms with Gasteiger partial charge in [0, 0.05) is 22.7 Å². The zero-order valence-corrected chi connectivity index (χ0v) is 18.7. The minimum absolute atomic E-state index is 0.123. The molecule has 7 nitrogen and oxygen atoms in total. The molecule has 2 heterocycles. The van der Waals surface area contributed by atoms with Crippen molar-refractivity contribution < 1.29 is 27.8 Å². The fraction of sp³-hybridized carbons (Fsp3) is 0.810. The van der Waals surface area contributed by atoms with Crippen LogP contribution in [-0.2, 0) is 15.1 Å². The molecule has 1 saturated carbocycles. The normalized spacial score (nSPS) is 27.4. The maximum Gasteiger partial charge on any atom is 0.490 e. The van der Waals surface area contributed by atoms with Crippen LogP contribution in [0, 0.1) is 5.41 Å². The predicted octanol–water partition coefficient (Wildman–Crippen LogP) is 3.67. The number of aromatic nitrogens is 2. The van der Waals surface area contributed by atoms with Crippen molar-refractivity contribution >= 4 is 5.97 Å². The van der Waals surface area contributed by atoms with E-state index in [0.29, 0.717) is 11.3 Å². The van der Waals surface area contributed by atoms with Crippen molar-refractivity contribution in [2.45, 2.75) is 82.5 Å². The molecule has 1 aliphatic heterocycles. The fourth-order valence-electron chi connectivity index (χ4n) is 4.66. The van der Waals surface area contributed by atoms with Crippen LogP contribution in [0.25, 0.3) is 0 Å². The van der Waals surface area contributed by atoms with Crippen molar-refractivity contribution in [1.82, 2.24) is 15.5 Å². The van der Waals surface area contributed by atoms with Crippen LogP contribution in [0.2, 0.25) is 0 Å². The summed E-state index contributed by atoms with van der Waals surface area (Å²) in [7, 11) is 1.97. The van der Waals surface area contributed by atoms with E-state index in [-0.39, 0.29) is 11.1 Å². The van der Waals surface area contributed by atoms with Gasteiger partial charge in [0.15, 0.2) is 0 Å². The van der Waals surface area contributed by atoms with Crippen molar-refractivity contribution in [3.8, 4) is 0 Å². The lowest BCUT2D eigenvalue weighted by molar-refractivity contribution is -0.192. The third kappa shape index (κ3) is 6.66. The first-order chi connectivity index (χ1) is 14.2. The minimum Gasteiger partial charge on any atom is -0.475 e. The van der Waals surface area contributed by atoms with Gasteiger partial charge in [-0.2, -0.15) is 18.3 Å². The van der Waals surface area contributed by atoms with Crippen LogP contribution in [0.1, 0.15) is 76.5 Å². The summed E-state index contributed by atoms with van der Waals surface area (Å²) in [5.41, 5.74) is 9.15. The molecule has 5 N–H and O–H groups in total. The maximum absolute atomic E-state index is 10.6. The van der Waals surface area contributed by atoms with Gasteiger partial charge in [0.2, 0.25) is 0 Å². The molecule has 10 heteroatoms. The summed E-state index contributed by atoms with van der Waals surface area (Å²) < 4.78 is 38.0. The van der Waals surface area contributed by atoms with E-state index in [4.69, 9.17) is 20.4 Å². The summed E-state index contributed by atoms with van der Waals surface area (Å²) in [4.78, 5) is 8.90. The molecule has 178 valence electrons. The number of rotatable bonds is 5. The zero-order valence-electron chi connectivity index (χ0n) is 18.7. The summed E-state index contributed by atoms with van der Waals surface area (Å²) >= 11 is 0. The van der Waals surface area contributed by atoms with E-state index in [1.165, 1.54) is 17.7 Å². The number of hydrogen-bond acceptors (Lipinski definition) is 5. The van der Waals surface area contributed by atoms with E-state index in [9.17, 15) is 13.2 Å². The van der Waals surface area contributed by atoms with E-state index in [1.807, 2.05) is 13.2 Å². The van der Waals surface area contributed by atoms with Gasteiger partial charge in [-0.1, -0.05) is 13.8 Å². The largest absolute Gasteiger partial charge is 0.490 e. The maximum atomic E-state index is 10.6. The summed E-state index contributed by atoms with van der Waals surface area (Å²) in [5.74, 6) is -2.23. The lowest BCUT2D eigenvalue weighted by atomic mass is 9.71. The van der Waals surface area contributed by atoms with Gasteiger partial charge in [0.1, 0.15) is 0 Å². The summed E-state index contributed by atoms with van der Waals surface area (Å²) in [6, 6.07) is 0. The summed E-state index contributed by atoms with van der Waals surface area (Å²) in [6.07, 6.45) is 3.57. The number of nitrogens with two attached hydrogens (primary N) is 1. The number of carboxylic acids is 1. The van der Waals surface area contributed by atoms with E-state index in [0.717, 1.165) is 45.3 Å². The number of halogens is 3. The van der Waals surface area contributed by atoms with Gasteiger partial charge < -0.3 is 20.9 Å². The molecule has 31 heavy (non-hydrogen) atoms. The highest BCUT2D eigenvalue weighted by Gasteiger charge is 2.47. The number of alkyl halides is 3. The van der Waals surface area contributed by atoms with E-state index in [1.54, 1.807) is 0 Å². The Balaban J connectivity index is 0.000000423. The average Bonchev–Trinajstić information content (AvgIpc) is 3.26. The zero-order chi connectivity index (χ0) is 23.5. The van der Waals surface area contributed by atoms with E-state index >= 15 is 0 Å². The van der Waals surface area contributed by atoms with Crippen LogP contribution in [0.4, 0.5) is 13.2 Å². The third-order valence-electron chi connectivity index (χ3n) is 6.30. The van der Waals surface area contributed by atoms with Crippen molar-refractivity contribution in [3.05, 3.63) is 17.5 Å². The van der Waals surface area contributed by atoms with Crippen molar-refractivity contribution in [1.29, 1.82) is 0 Å². The smallest absolute Gasteiger partial charge is 0.475 e. The molecule has 2 aliphatic rings. The lowest BCUT2D eigenvalue weighted by Gasteiger charge is -2.38. The van der Waals surface area contributed by atoms with Gasteiger partial charge in [-0.25, -0.2) is 4.79 Å². The number of carbonyl (C=O) groups is 1. The Labute approximate surface area is 181 Å². The van der Waals surface area contributed by atoms with Crippen LogP contribution in [-0.4, -0.2) is 53.2 Å². The molecule has 0 radical (unpaired) electrons. The monoisotopic (exact) mass is 448 g/mol. The number of aromatic amines is 1. The number of hydrogen-bond donors (Lipinski definition) is 4. The first-order valence-electron chi connectivity index (χ1n) is 10.6. The molecule has 1 unspecified atom stereocenters. The Morgan fingerprint density at radius 2 is 1.97 bits per heavy atom. The second-order valence-corrected chi connectivity index (χ2v) is 9.86. The van der Waals surface area contributed by atoms with Crippen LogP contribution >= 0.6 is 0 Å². The molecule has 2 fully saturated rings. The molecule has 1 saturated heterocycles. The van der Waals surface area contributed by atoms with Crippen LogP contribution in [0.5, 0.6) is 0 Å². The molecular formula is C21H35F3N4O3. The average molecular weight is 449 g/mol. The van der Waals surface area contributed by atoms with Gasteiger partial charge in [0.05, 0.1) is 18.4 Å². The van der Waals surface area contributed by atoms with Gasteiger partial charge in [0.25, 0.3) is 0 Å². The molecule has 1 spiro atoms. The minimum atomic E-state index is -5.08. The molecule has 0 bridgehead atoms. The molecule has 0 aromatic carbocycles. The Hall–Kier alpha value is -1.65. The molecule has 1 aromatic rings. The Morgan fingerprint density at radius 3 is 2.42 bits per heavy atom. The van der Waals surface area contributed by atoms with Crippen molar-refractivity contribution in [3.63, 3.8) is 0 Å². The van der Waals surface area contributed by atoms with Crippen molar-refractivity contribution in [2.24, 2.45) is 11.1 Å². The van der Waals surface area contributed by atoms with Gasteiger partial charge >= 0.3 is 12.1 Å². The van der Waals surface area contributed by atoms with Gasteiger partial charge in [-0.15, -0.1) is 0 Å². The fourth-order valence-corrected chi connectivity index (χ4v) is 4.66. The molecule has 0 amide bonds. The Kier molecular flexibility index (Phi) is 7.81. The molecular weight excluding hydrogens is 413 g/mol. The second kappa shape index (κ2) is 9.46. The number of nitrogens with zero attached hydrogens (tertiary/aromatic N) is 1. The number of aliphatic carboxylic acids is 1. The number of H-pyrrole nitrogens is 1. The Morgan fingerprint density at radius 1 is 1.39 bits per heavy atom. The number of carboxylic acid groups (broad SMARTS) is 1. The summed E-state index contributed by atoms with van der Waals surface area (Å²) in [6.45, 7) is 8.57. The van der Waals surface area contributed by atoms with Gasteiger partial charge in [-0.3, -0.25) is 5.10 Å². The van der Waals surface area contributed by atoms with Gasteiger partial charge in [-0.05, 0) is 64.5 Å². The molecule has 1 aromatic heterocycles. The number of nitrogens with one attached hydrogen (secondary N) is 2. The number of ether oxygens (including phenoxy) is 1. The standard InChI is InChI=1S/C19H34N4O.C2HF3O2/c1-17(2)12-19(24-13-17)7-5-14(6-8-19)16-15(11-22-23-16)18(3,20)9-10-21-4;3-2(4,5)1(6)7/h11,14,21H,5-10,12-13,20H2,1-4H3,(H,22,23);(H,6,7). The Bertz CT molecular complexity index is 738. The SMILES string of the molecule is CNCCC(C)(N)c1cn[nH]c1C1CCC2(CC1)CC(C)(C)CO2.O=C(O)C(F)(F)F. The topological polar surface area (TPSA) is 113 Å². The third-order valence-corrected chi connectivity index (χ3v) is 6.30. The highest BCUT2D eigenvalue weighted by atomic mass is 19.4. The van der Waals surface area contributed by atoms with Crippen molar-refractivity contribution in [2.75, 3.05) is 20.2 Å². The lowest BCUT2D eigenvalue weighted by Crippen LogP contribution is -2.38. The predicted molar refractivity (Wildman–Crippen MR) is 111 cm³/mol. The molecule has 3 rings (SSSR count). The highest BCUT2D eigenvalue weighted by Crippen LogP contribution is 2.50. The first kappa shape index (κ1) is 25.6. The van der Waals surface area contributed by atoms with Crippen LogP contribution < -0.4 is 11.1 Å².